The van der Waals surface area contributed by atoms with Gasteiger partial charge in [-0.3, -0.25) is 4.79 Å². The van der Waals surface area contributed by atoms with Crippen LogP contribution in [0.4, 0.5) is 0 Å². The van der Waals surface area contributed by atoms with Gasteiger partial charge in [-0.2, -0.15) is 0 Å². The Bertz CT molecular complexity index is 475. The SMILES string of the molecule is Cc1cc([C@H](C)O)ccc1OC(C)C(=O)NC(C)(C)C. The number of carbonyl (C=O) groups excluding carboxylic acids is 1. The van der Waals surface area contributed by atoms with Crippen LogP contribution in [0.5, 0.6) is 5.75 Å². The highest BCUT2D eigenvalue weighted by atomic mass is 16.5. The lowest BCUT2D eigenvalue weighted by molar-refractivity contribution is -0.128. The lowest BCUT2D eigenvalue weighted by Crippen LogP contribution is -2.46. The van der Waals surface area contributed by atoms with Gasteiger partial charge in [0.2, 0.25) is 0 Å². The molecule has 2 atom stereocenters. The second-order valence-electron chi connectivity index (χ2n) is 6.20. The molecular formula is C16H25NO3. The third kappa shape index (κ3) is 4.85. The minimum absolute atomic E-state index is 0.142. The number of aryl methyl sites for hydroxylation is 1. The topological polar surface area (TPSA) is 58.6 Å². The van der Waals surface area contributed by atoms with Crippen molar-refractivity contribution < 1.29 is 14.6 Å². The summed E-state index contributed by atoms with van der Waals surface area (Å²) in [4.78, 5) is 12.0. The van der Waals surface area contributed by atoms with Crippen LogP contribution < -0.4 is 10.1 Å². The van der Waals surface area contributed by atoms with Gasteiger partial charge in [0.1, 0.15) is 5.75 Å². The van der Waals surface area contributed by atoms with Crippen molar-refractivity contribution >= 4 is 5.91 Å². The molecule has 0 saturated heterocycles. The van der Waals surface area contributed by atoms with Gasteiger partial charge < -0.3 is 15.2 Å². The van der Waals surface area contributed by atoms with E-state index in [4.69, 9.17) is 4.74 Å². The van der Waals surface area contributed by atoms with E-state index in [1.807, 2.05) is 33.8 Å². The second-order valence-corrected chi connectivity index (χ2v) is 6.20. The molecule has 1 aromatic carbocycles. The van der Waals surface area contributed by atoms with Gasteiger partial charge in [0, 0.05) is 5.54 Å². The van der Waals surface area contributed by atoms with Gasteiger partial charge in [-0.1, -0.05) is 6.07 Å². The van der Waals surface area contributed by atoms with Crippen LogP contribution >= 0.6 is 0 Å². The highest BCUT2D eigenvalue weighted by Crippen LogP contribution is 2.23. The summed E-state index contributed by atoms with van der Waals surface area (Å²) in [5.41, 5.74) is 1.46. The predicted octanol–water partition coefficient (Wildman–Crippen LogP) is 2.73. The zero-order chi connectivity index (χ0) is 15.5. The van der Waals surface area contributed by atoms with Gasteiger partial charge >= 0.3 is 0 Å². The van der Waals surface area contributed by atoms with Crippen molar-refractivity contribution in [2.45, 2.75) is 59.3 Å². The quantitative estimate of drug-likeness (QED) is 0.891. The van der Waals surface area contributed by atoms with Crippen LogP contribution in [-0.4, -0.2) is 22.7 Å². The lowest BCUT2D eigenvalue weighted by atomic mass is 10.1. The largest absolute Gasteiger partial charge is 0.481 e. The highest BCUT2D eigenvalue weighted by molar-refractivity contribution is 5.81. The number of carbonyl (C=O) groups is 1. The molecule has 0 radical (unpaired) electrons. The summed E-state index contributed by atoms with van der Waals surface area (Å²) in [6.07, 6.45) is -1.07. The number of hydrogen-bond acceptors (Lipinski definition) is 3. The average Bonchev–Trinajstić information content (AvgIpc) is 2.29. The van der Waals surface area contributed by atoms with Crippen LogP contribution in [0.1, 0.15) is 51.8 Å². The smallest absolute Gasteiger partial charge is 0.261 e. The molecule has 1 unspecified atom stereocenters. The Hall–Kier alpha value is -1.55. The molecule has 112 valence electrons. The molecule has 0 aromatic heterocycles. The summed E-state index contributed by atoms with van der Waals surface area (Å²) < 4.78 is 5.69. The van der Waals surface area contributed by atoms with E-state index in [1.54, 1.807) is 26.0 Å². The minimum Gasteiger partial charge on any atom is -0.481 e. The first-order valence-electron chi connectivity index (χ1n) is 6.87. The van der Waals surface area contributed by atoms with Gasteiger partial charge in [0.15, 0.2) is 6.10 Å². The zero-order valence-corrected chi connectivity index (χ0v) is 13.2. The van der Waals surface area contributed by atoms with Crippen molar-refractivity contribution in [3.8, 4) is 5.75 Å². The molecule has 0 fully saturated rings. The minimum atomic E-state index is -0.565. The fourth-order valence-electron chi connectivity index (χ4n) is 1.78. The van der Waals surface area contributed by atoms with Gasteiger partial charge in [-0.05, 0) is 64.8 Å². The van der Waals surface area contributed by atoms with Crippen molar-refractivity contribution in [1.29, 1.82) is 0 Å². The molecule has 0 aliphatic heterocycles. The maximum atomic E-state index is 12.0. The summed E-state index contributed by atoms with van der Waals surface area (Å²) >= 11 is 0. The molecule has 20 heavy (non-hydrogen) atoms. The number of benzene rings is 1. The van der Waals surface area contributed by atoms with Crippen LogP contribution in [0.2, 0.25) is 0 Å². The molecule has 0 bridgehead atoms. The van der Waals surface area contributed by atoms with E-state index in [0.717, 1.165) is 11.1 Å². The standard InChI is InChI=1S/C16H25NO3/c1-10-9-13(11(2)18)7-8-14(10)20-12(3)15(19)17-16(4,5)6/h7-9,11-12,18H,1-6H3,(H,17,19)/t11-,12?/m0/s1. The van der Waals surface area contributed by atoms with Crippen molar-refractivity contribution in [2.75, 3.05) is 0 Å². The number of amides is 1. The Labute approximate surface area is 121 Å². The fourth-order valence-corrected chi connectivity index (χ4v) is 1.78. The molecule has 0 aliphatic carbocycles. The van der Waals surface area contributed by atoms with Gasteiger partial charge in [-0.25, -0.2) is 0 Å². The van der Waals surface area contributed by atoms with Gasteiger partial charge in [0.25, 0.3) is 5.91 Å². The third-order valence-corrected chi connectivity index (χ3v) is 2.85. The fraction of sp³-hybridized carbons (Fsp3) is 0.562. The van der Waals surface area contributed by atoms with Crippen LogP contribution in [0.3, 0.4) is 0 Å². The van der Waals surface area contributed by atoms with Crippen LogP contribution in [0.25, 0.3) is 0 Å². The van der Waals surface area contributed by atoms with Crippen molar-refractivity contribution in [3.05, 3.63) is 29.3 Å². The average molecular weight is 279 g/mol. The molecule has 0 aliphatic rings. The van der Waals surface area contributed by atoms with Crippen LogP contribution in [0.15, 0.2) is 18.2 Å². The third-order valence-electron chi connectivity index (χ3n) is 2.85. The van der Waals surface area contributed by atoms with E-state index in [9.17, 15) is 9.90 Å². The van der Waals surface area contributed by atoms with E-state index in [-0.39, 0.29) is 11.4 Å². The molecule has 4 heteroatoms. The Balaban J connectivity index is 2.76. The van der Waals surface area contributed by atoms with E-state index in [2.05, 4.69) is 5.32 Å². The number of rotatable bonds is 4. The van der Waals surface area contributed by atoms with Crippen LogP contribution in [-0.2, 0) is 4.79 Å². The number of aliphatic hydroxyl groups is 1. The van der Waals surface area contributed by atoms with E-state index in [0.29, 0.717) is 5.75 Å². The van der Waals surface area contributed by atoms with E-state index in [1.165, 1.54) is 0 Å². The molecule has 0 heterocycles. The molecule has 1 amide bonds. The normalized spacial score (nSPS) is 14.6. The molecule has 1 rings (SSSR count). The van der Waals surface area contributed by atoms with Crippen molar-refractivity contribution in [3.63, 3.8) is 0 Å². The molecule has 1 aromatic rings. The monoisotopic (exact) mass is 279 g/mol. The summed E-state index contributed by atoms with van der Waals surface area (Å²) in [7, 11) is 0. The van der Waals surface area contributed by atoms with Crippen molar-refractivity contribution in [1.82, 2.24) is 5.32 Å². The molecule has 4 nitrogen and oxygen atoms in total. The maximum absolute atomic E-state index is 12.0. The van der Waals surface area contributed by atoms with E-state index >= 15 is 0 Å². The van der Waals surface area contributed by atoms with E-state index < -0.39 is 12.2 Å². The first-order valence-corrected chi connectivity index (χ1v) is 6.87. The second kappa shape index (κ2) is 6.27. The Morgan fingerprint density at radius 3 is 2.35 bits per heavy atom. The number of nitrogens with one attached hydrogen (secondary N) is 1. The lowest BCUT2D eigenvalue weighted by Gasteiger charge is -2.24. The zero-order valence-electron chi connectivity index (χ0n) is 13.2. The number of hydrogen-bond donors (Lipinski definition) is 2. The first kappa shape index (κ1) is 16.5. The molecule has 0 saturated carbocycles. The van der Waals surface area contributed by atoms with Gasteiger partial charge in [-0.15, -0.1) is 0 Å². The van der Waals surface area contributed by atoms with Crippen molar-refractivity contribution in [2.24, 2.45) is 0 Å². The molecular weight excluding hydrogens is 254 g/mol. The predicted molar refractivity (Wildman–Crippen MR) is 79.8 cm³/mol. The Kier molecular flexibility index (Phi) is 5.17. The molecule has 2 N–H and O–H groups in total. The number of aliphatic hydroxyl groups excluding tert-OH is 1. The Morgan fingerprint density at radius 1 is 1.30 bits per heavy atom. The maximum Gasteiger partial charge on any atom is 0.261 e. The van der Waals surface area contributed by atoms with Crippen LogP contribution in [0, 0.1) is 6.92 Å². The van der Waals surface area contributed by atoms with Gasteiger partial charge in [0.05, 0.1) is 6.10 Å². The highest BCUT2D eigenvalue weighted by Gasteiger charge is 2.21. The summed E-state index contributed by atoms with van der Waals surface area (Å²) in [6.45, 7) is 11.1. The first-order chi connectivity index (χ1) is 9.10. The molecule has 0 spiro atoms. The Morgan fingerprint density at radius 2 is 1.90 bits per heavy atom. The number of ether oxygens (including phenoxy) is 1. The summed E-state index contributed by atoms with van der Waals surface area (Å²) in [5, 5.41) is 12.4. The summed E-state index contributed by atoms with van der Waals surface area (Å²) in [6, 6.07) is 5.47. The summed E-state index contributed by atoms with van der Waals surface area (Å²) in [5.74, 6) is 0.516.